The number of carbonyl (C=O) groups is 1. The van der Waals surface area contributed by atoms with Crippen molar-refractivity contribution in [3.63, 3.8) is 0 Å². The molecule has 0 spiro atoms. The number of anilines is 1. The van der Waals surface area contributed by atoms with Gasteiger partial charge in [-0.2, -0.15) is 0 Å². The number of hydrogen-bond acceptors (Lipinski definition) is 3. The largest absolute Gasteiger partial charge is 0.482 e. The van der Waals surface area contributed by atoms with E-state index in [1.165, 1.54) is 0 Å². The van der Waals surface area contributed by atoms with Crippen LogP contribution in [0.3, 0.4) is 0 Å². The summed E-state index contributed by atoms with van der Waals surface area (Å²) in [6.45, 7) is 4.87. The Bertz CT molecular complexity index is 393. The van der Waals surface area contributed by atoms with Gasteiger partial charge in [-0.1, -0.05) is 19.1 Å². The van der Waals surface area contributed by atoms with Crippen molar-refractivity contribution >= 4 is 11.6 Å². The third-order valence-corrected chi connectivity index (χ3v) is 2.79. The van der Waals surface area contributed by atoms with Gasteiger partial charge < -0.3 is 15.0 Å². The summed E-state index contributed by atoms with van der Waals surface area (Å²) in [5.41, 5.74) is 0.889. The zero-order valence-electron chi connectivity index (χ0n) is 10.1. The minimum atomic E-state index is 0.0419. The number of para-hydroxylation sites is 2. The van der Waals surface area contributed by atoms with Gasteiger partial charge in [0.05, 0.1) is 5.69 Å². The molecule has 1 heterocycles. The third kappa shape index (κ3) is 2.77. The first-order valence-corrected chi connectivity index (χ1v) is 6.06. The van der Waals surface area contributed by atoms with Crippen LogP contribution in [0.25, 0.3) is 0 Å². The number of nitrogens with one attached hydrogen (secondary N) is 1. The second kappa shape index (κ2) is 5.68. The molecule has 1 aromatic carbocycles. The predicted molar refractivity (Wildman–Crippen MR) is 67.5 cm³/mol. The molecule has 1 aromatic rings. The minimum absolute atomic E-state index is 0.0419. The molecule has 4 heteroatoms. The molecule has 1 aliphatic rings. The Labute approximate surface area is 102 Å². The van der Waals surface area contributed by atoms with E-state index in [0.29, 0.717) is 0 Å². The summed E-state index contributed by atoms with van der Waals surface area (Å²) in [4.78, 5) is 13.6. The van der Waals surface area contributed by atoms with Crippen LogP contribution in [0.2, 0.25) is 0 Å². The average Bonchev–Trinajstić information content (AvgIpc) is 2.37. The van der Waals surface area contributed by atoms with Gasteiger partial charge in [-0.25, -0.2) is 0 Å². The second-order valence-electron chi connectivity index (χ2n) is 4.01. The van der Waals surface area contributed by atoms with Crippen LogP contribution in [0.15, 0.2) is 24.3 Å². The molecule has 0 bridgehead atoms. The number of hydrogen-bond donors (Lipinski definition) is 1. The Morgan fingerprint density at radius 2 is 2.24 bits per heavy atom. The molecule has 92 valence electrons. The highest BCUT2D eigenvalue weighted by atomic mass is 16.5. The summed E-state index contributed by atoms with van der Waals surface area (Å²) < 4.78 is 5.39. The van der Waals surface area contributed by atoms with E-state index < -0.39 is 0 Å². The van der Waals surface area contributed by atoms with Gasteiger partial charge in [-0.3, -0.25) is 4.79 Å². The first-order chi connectivity index (χ1) is 8.33. The molecule has 0 atom stereocenters. The topological polar surface area (TPSA) is 41.6 Å². The smallest absolute Gasteiger partial charge is 0.265 e. The van der Waals surface area contributed by atoms with Gasteiger partial charge in [0.25, 0.3) is 5.91 Å². The fourth-order valence-corrected chi connectivity index (χ4v) is 1.94. The van der Waals surface area contributed by atoms with Crippen LogP contribution in [-0.2, 0) is 4.79 Å². The third-order valence-electron chi connectivity index (χ3n) is 2.79. The van der Waals surface area contributed by atoms with Gasteiger partial charge in [0.2, 0.25) is 0 Å². The van der Waals surface area contributed by atoms with Gasteiger partial charge in [-0.15, -0.1) is 0 Å². The Morgan fingerprint density at radius 1 is 1.41 bits per heavy atom. The van der Waals surface area contributed by atoms with Crippen LogP contribution in [0.4, 0.5) is 5.69 Å². The lowest BCUT2D eigenvalue weighted by Gasteiger charge is -2.29. The van der Waals surface area contributed by atoms with E-state index >= 15 is 0 Å². The Morgan fingerprint density at radius 3 is 3.06 bits per heavy atom. The van der Waals surface area contributed by atoms with E-state index in [1.807, 2.05) is 29.2 Å². The zero-order valence-corrected chi connectivity index (χ0v) is 10.1. The van der Waals surface area contributed by atoms with Gasteiger partial charge in [0.15, 0.2) is 6.61 Å². The fourth-order valence-electron chi connectivity index (χ4n) is 1.94. The maximum absolute atomic E-state index is 11.8. The van der Waals surface area contributed by atoms with Crippen molar-refractivity contribution in [2.45, 2.75) is 13.3 Å². The van der Waals surface area contributed by atoms with Crippen LogP contribution in [0.5, 0.6) is 5.75 Å². The lowest BCUT2D eigenvalue weighted by Crippen LogP contribution is -2.40. The molecule has 1 N–H and O–H groups in total. The number of carbonyl (C=O) groups excluding carboxylic acids is 1. The number of ether oxygens (including phenoxy) is 1. The van der Waals surface area contributed by atoms with E-state index in [1.54, 1.807) is 0 Å². The summed E-state index contributed by atoms with van der Waals surface area (Å²) in [5.74, 6) is 0.843. The highest BCUT2D eigenvalue weighted by molar-refractivity contribution is 5.97. The molecule has 2 rings (SSSR count). The van der Waals surface area contributed by atoms with Crippen LogP contribution >= 0.6 is 0 Å². The van der Waals surface area contributed by atoms with Gasteiger partial charge >= 0.3 is 0 Å². The summed E-state index contributed by atoms with van der Waals surface area (Å²) >= 11 is 0. The maximum atomic E-state index is 11.8. The number of amides is 1. The molecule has 4 nitrogen and oxygen atoms in total. The van der Waals surface area contributed by atoms with E-state index in [2.05, 4.69) is 12.2 Å². The molecule has 0 saturated carbocycles. The standard InChI is InChI=1S/C13H18N2O2/c1-2-14-8-5-9-15-11-6-3-4-7-12(11)17-10-13(15)16/h3-4,6-7,14H,2,5,8-10H2,1H3. The number of nitrogens with zero attached hydrogens (tertiary/aromatic N) is 1. The second-order valence-corrected chi connectivity index (χ2v) is 4.01. The van der Waals surface area contributed by atoms with E-state index in [0.717, 1.165) is 37.5 Å². The molecular weight excluding hydrogens is 216 g/mol. The van der Waals surface area contributed by atoms with Crippen molar-refractivity contribution in [1.82, 2.24) is 5.32 Å². The van der Waals surface area contributed by atoms with E-state index in [4.69, 9.17) is 4.74 Å². The molecule has 0 saturated heterocycles. The van der Waals surface area contributed by atoms with E-state index in [9.17, 15) is 4.79 Å². The SMILES string of the molecule is CCNCCCN1C(=O)COc2ccccc21. The van der Waals surface area contributed by atoms with Crippen molar-refractivity contribution in [1.29, 1.82) is 0 Å². The van der Waals surface area contributed by atoms with Crippen LogP contribution in [0, 0.1) is 0 Å². The van der Waals surface area contributed by atoms with Crippen molar-refractivity contribution in [2.75, 3.05) is 31.1 Å². The average molecular weight is 234 g/mol. The van der Waals surface area contributed by atoms with Crippen molar-refractivity contribution in [2.24, 2.45) is 0 Å². The summed E-state index contributed by atoms with van der Waals surface area (Å²) in [6, 6.07) is 7.68. The molecule has 0 radical (unpaired) electrons. The molecule has 1 aliphatic heterocycles. The normalized spacial score (nSPS) is 14.4. The number of benzene rings is 1. The predicted octanol–water partition coefficient (Wildman–Crippen LogP) is 1.41. The quantitative estimate of drug-likeness (QED) is 0.783. The van der Waals surface area contributed by atoms with Crippen LogP contribution in [-0.4, -0.2) is 32.1 Å². The Hall–Kier alpha value is -1.55. The Kier molecular flexibility index (Phi) is 3.98. The number of rotatable bonds is 5. The minimum Gasteiger partial charge on any atom is -0.482 e. The monoisotopic (exact) mass is 234 g/mol. The zero-order chi connectivity index (χ0) is 12.1. The molecule has 17 heavy (non-hydrogen) atoms. The van der Waals surface area contributed by atoms with Crippen molar-refractivity contribution < 1.29 is 9.53 Å². The summed E-state index contributed by atoms with van der Waals surface area (Å²) in [5, 5.41) is 3.26. The first-order valence-electron chi connectivity index (χ1n) is 6.06. The highest BCUT2D eigenvalue weighted by Crippen LogP contribution is 2.31. The molecule has 0 aliphatic carbocycles. The van der Waals surface area contributed by atoms with Crippen LogP contribution in [0.1, 0.15) is 13.3 Å². The molecule has 0 fully saturated rings. The lowest BCUT2D eigenvalue weighted by molar-refractivity contribution is -0.121. The molecule has 1 amide bonds. The lowest BCUT2D eigenvalue weighted by atomic mass is 10.2. The molecular formula is C13H18N2O2. The maximum Gasteiger partial charge on any atom is 0.265 e. The molecule has 0 aromatic heterocycles. The number of fused-ring (bicyclic) bond motifs is 1. The van der Waals surface area contributed by atoms with E-state index in [-0.39, 0.29) is 12.5 Å². The Balaban J connectivity index is 2.02. The van der Waals surface area contributed by atoms with Crippen LogP contribution < -0.4 is 15.0 Å². The van der Waals surface area contributed by atoms with Gasteiger partial charge in [-0.05, 0) is 31.6 Å². The fraction of sp³-hybridized carbons (Fsp3) is 0.462. The molecule has 0 unspecified atom stereocenters. The first kappa shape index (κ1) is 11.9. The summed E-state index contributed by atoms with van der Waals surface area (Å²) in [6.07, 6.45) is 0.952. The van der Waals surface area contributed by atoms with Gasteiger partial charge in [0, 0.05) is 6.54 Å². The van der Waals surface area contributed by atoms with Crippen molar-refractivity contribution in [3.8, 4) is 5.75 Å². The summed E-state index contributed by atoms with van der Waals surface area (Å²) in [7, 11) is 0. The van der Waals surface area contributed by atoms with Crippen molar-refractivity contribution in [3.05, 3.63) is 24.3 Å². The highest BCUT2D eigenvalue weighted by Gasteiger charge is 2.24. The van der Waals surface area contributed by atoms with Gasteiger partial charge in [0.1, 0.15) is 5.75 Å².